The largest absolute Gasteiger partial charge is 0.358 e. The van der Waals surface area contributed by atoms with E-state index in [-0.39, 0.29) is 23.5 Å². The zero-order valence-corrected chi connectivity index (χ0v) is 13.8. The van der Waals surface area contributed by atoms with E-state index >= 15 is 0 Å². The lowest BCUT2D eigenvalue weighted by Gasteiger charge is -2.23. The number of carbonyl (C=O) groups is 1. The molecule has 1 aromatic heterocycles. The van der Waals surface area contributed by atoms with Crippen LogP contribution in [0.2, 0.25) is 0 Å². The summed E-state index contributed by atoms with van der Waals surface area (Å²) in [6, 6.07) is 5.73. The number of benzene rings is 1. The number of hydrogen-bond donors (Lipinski definition) is 1. The van der Waals surface area contributed by atoms with Gasteiger partial charge in [-0.1, -0.05) is 11.6 Å². The van der Waals surface area contributed by atoms with Gasteiger partial charge >= 0.3 is 0 Å². The predicted octanol–water partition coefficient (Wildman–Crippen LogP) is 2.04. The number of sulfone groups is 1. The van der Waals surface area contributed by atoms with E-state index in [2.05, 4.69) is 4.98 Å². The quantitative estimate of drug-likeness (QED) is 0.920. The Morgan fingerprint density at radius 2 is 2.05 bits per heavy atom. The van der Waals surface area contributed by atoms with Crippen LogP contribution < -0.4 is 0 Å². The fraction of sp³-hybridized carbons (Fsp3) is 0.438. The van der Waals surface area contributed by atoms with Crippen molar-refractivity contribution in [2.45, 2.75) is 26.3 Å². The van der Waals surface area contributed by atoms with Gasteiger partial charge in [-0.05, 0) is 32.4 Å². The minimum absolute atomic E-state index is 0.0651. The first kappa shape index (κ1) is 15.1. The van der Waals surface area contributed by atoms with Crippen molar-refractivity contribution in [2.24, 2.45) is 0 Å². The van der Waals surface area contributed by atoms with Gasteiger partial charge in [0, 0.05) is 29.7 Å². The summed E-state index contributed by atoms with van der Waals surface area (Å²) in [6.07, 6.45) is 0.519. The molecule has 22 heavy (non-hydrogen) atoms. The second-order valence-corrected chi connectivity index (χ2v) is 8.38. The maximum Gasteiger partial charge on any atom is 0.256 e. The Hall–Kier alpha value is -1.82. The minimum Gasteiger partial charge on any atom is -0.358 e. The van der Waals surface area contributed by atoms with Crippen LogP contribution in [0.25, 0.3) is 10.9 Å². The third-order valence-corrected chi connectivity index (χ3v) is 6.18. The molecule has 1 N–H and O–H groups in total. The number of carbonyl (C=O) groups excluding carboxylic acids is 1. The van der Waals surface area contributed by atoms with Gasteiger partial charge in [-0.2, -0.15) is 0 Å². The Labute approximate surface area is 130 Å². The first-order valence-corrected chi connectivity index (χ1v) is 9.17. The van der Waals surface area contributed by atoms with Gasteiger partial charge in [0.1, 0.15) is 0 Å². The molecule has 1 saturated heterocycles. The molecule has 1 aliphatic heterocycles. The number of rotatable bonds is 2. The molecule has 2 aromatic rings. The summed E-state index contributed by atoms with van der Waals surface area (Å²) in [5.41, 5.74) is 3.48. The van der Waals surface area contributed by atoms with E-state index in [1.807, 2.05) is 32.0 Å². The second kappa shape index (κ2) is 5.12. The summed E-state index contributed by atoms with van der Waals surface area (Å²) in [4.78, 5) is 17.7. The summed E-state index contributed by atoms with van der Waals surface area (Å²) in [5, 5.41) is 0.898. The van der Waals surface area contributed by atoms with Gasteiger partial charge in [-0.25, -0.2) is 8.42 Å². The van der Waals surface area contributed by atoms with Crippen molar-refractivity contribution in [1.82, 2.24) is 9.88 Å². The molecular formula is C16H20N2O3S. The predicted molar refractivity (Wildman–Crippen MR) is 86.9 cm³/mol. The highest BCUT2D eigenvalue weighted by Crippen LogP contribution is 2.26. The van der Waals surface area contributed by atoms with Crippen molar-refractivity contribution in [3.63, 3.8) is 0 Å². The number of nitrogens with zero attached hydrogens (tertiary/aromatic N) is 1. The summed E-state index contributed by atoms with van der Waals surface area (Å²) in [7, 11) is -1.31. The highest BCUT2D eigenvalue weighted by Gasteiger charge is 2.34. The van der Waals surface area contributed by atoms with Crippen LogP contribution >= 0.6 is 0 Å². The Kier molecular flexibility index (Phi) is 3.51. The maximum atomic E-state index is 12.9. The molecule has 5 nitrogen and oxygen atoms in total. The summed E-state index contributed by atoms with van der Waals surface area (Å²) < 4.78 is 23.3. The molecule has 1 atom stereocenters. The van der Waals surface area contributed by atoms with Gasteiger partial charge in [0.25, 0.3) is 5.91 Å². The molecule has 1 amide bonds. The van der Waals surface area contributed by atoms with Crippen LogP contribution in [-0.4, -0.2) is 48.8 Å². The number of aryl methyl sites for hydroxylation is 2. The number of aromatic nitrogens is 1. The van der Waals surface area contributed by atoms with E-state index in [9.17, 15) is 13.2 Å². The van der Waals surface area contributed by atoms with E-state index in [0.717, 1.165) is 22.2 Å². The lowest BCUT2D eigenvalue weighted by molar-refractivity contribution is 0.0749. The SMILES string of the molecule is Cc1ccc2[nH]c(C)c(C(=O)N(C)C3CCS(=O)(=O)C3)c2c1. The Balaban J connectivity index is 1.98. The lowest BCUT2D eigenvalue weighted by Crippen LogP contribution is -2.38. The Bertz CT molecular complexity index is 852. The lowest BCUT2D eigenvalue weighted by atomic mass is 10.1. The molecule has 0 spiro atoms. The van der Waals surface area contributed by atoms with Crippen molar-refractivity contribution in [3.8, 4) is 0 Å². The fourth-order valence-corrected chi connectivity index (χ4v) is 4.91. The van der Waals surface area contributed by atoms with Gasteiger partial charge in [0.15, 0.2) is 9.84 Å². The van der Waals surface area contributed by atoms with Crippen LogP contribution in [0, 0.1) is 13.8 Å². The Morgan fingerprint density at radius 3 is 2.68 bits per heavy atom. The molecule has 3 rings (SSSR count). The molecule has 118 valence electrons. The van der Waals surface area contributed by atoms with Crippen molar-refractivity contribution in [1.29, 1.82) is 0 Å². The van der Waals surface area contributed by atoms with Crippen LogP contribution in [0.15, 0.2) is 18.2 Å². The third-order valence-electron chi connectivity index (χ3n) is 4.43. The van der Waals surface area contributed by atoms with Gasteiger partial charge in [-0.15, -0.1) is 0 Å². The number of nitrogens with one attached hydrogen (secondary N) is 1. The summed E-state index contributed by atoms with van der Waals surface area (Å²) in [6.45, 7) is 3.87. The molecule has 2 heterocycles. The van der Waals surface area contributed by atoms with Gasteiger partial charge in [-0.3, -0.25) is 4.79 Å². The standard InChI is InChI=1S/C16H20N2O3S/c1-10-4-5-14-13(8-10)15(11(2)17-14)16(19)18(3)12-6-7-22(20,21)9-12/h4-5,8,12,17H,6-7,9H2,1-3H3. The molecule has 1 aliphatic rings. The maximum absolute atomic E-state index is 12.9. The number of H-pyrrole nitrogens is 1. The van der Waals surface area contributed by atoms with Crippen molar-refractivity contribution >= 4 is 26.6 Å². The van der Waals surface area contributed by atoms with Crippen LogP contribution in [0.1, 0.15) is 28.0 Å². The average molecular weight is 320 g/mol. The molecule has 1 fully saturated rings. The fourth-order valence-electron chi connectivity index (χ4n) is 3.14. The Morgan fingerprint density at radius 1 is 1.32 bits per heavy atom. The molecule has 1 aromatic carbocycles. The molecular weight excluding hydrogens is 300 g/mol. The van der Waals surface area contributed by atoms with E-state index in [4.69, 9.17) is 0 Å². The number of amides is 1. The zero-order chi connectivity index (χ0) is 16.1. The van der Waals surface area contributed by atoms with Gasteiger partial charge in [0.05, 0.1) is 17.1 Å². The summed E-state index contributed by atoms with van der Waals surface area (Å²) >= 11 is 0. The monoisotopic (exact) mass is 320 g/mol. The zero-order valence-electron chi connectivity index (χ0n) is 13.0. The van der Waals surface area contributed by atoms with Crippen molar-refractivity contribution < 1.29 is 13.2 Å². The van der Waals surface area contributed by atoms with Crippen LogP contribution in [0.4, 0.5) is 0 Å². The topological polar surface area (TPSA) is 70.2 Å². The second-order valence-electron chi connectivity index (χ2n) is 6.15. The van der Waals surface area contributed by atoms with Gasteiger partial charge < -0.3 is 9.88 Å². The van der Waals surface area contributed by atoms with Crippen LogP contribution in [0.5, 0.6) is 0 Å². The van der Waals surface area contributed by atoms with E-state index in [0.29, 0.717) is 12.0 Å². The van der Waals surface area contributed by atoms with Crippen molar-refractivity contribution in [2.75, 3.05) is 18.6 Å². The van der Waals surface area contributed by atoms with Crippen LogP contribution in [-0.2, 0) is 9.84 Å². The first-order chi connectivity index (χ1) is 10.3. The molecule has 0 saturated carbocycles. The highest BCUT2D eigenvalue weighted by molar-refractivity contribution is 7.91. The molecule has 6 heteroatoms. The summed E-state index contributed by atoms with van der Waals surface area (Å²) in [5.74, 6) is 0.119. The first-order valence-electron chi connectivity index (χ1n) is 7.35. The van der Waals surface area contributed by atoms with Gasteiger partial charge in [0.2, 0.25) is 0 Å². The smallest absolute Gasteiger partial charge is 0.256 e. The minimum atomic E-state index is -3.00. The van der Waals surface area contributed by atoms with Crippen molar-refractivity contribution in [3.05, 3.63) is 35.0 Å². The molecule has 0 bridgehead atoms. The number of fused-ring (bicyclic) bond motifs is 1. The number of hydrogen-bond acceptors (Lipinski definition) is 3. The molecule has 1 unspecified atom stereocenters. The third kappa shape index (κ3) is 2.52. The van der Waals surface area contributed by atoms with E-state index in [1.54, 1.807) is 11.9 Å². The van der Waals surface area contributed by atoms with Crippen LogP contribution in [0.3, 0.4) is 0 Å². The normalized spacial score (nSPS) is 20.4. The van der Waals surface area contributed by atoms with E-state index in [1.165, 1.54) is 0 Å². The highest BCUT2D eigenvalue weighted by atomic mass is 32.2. The molecule has 0 aliphatic carbocycles. The molecule has 0 radical (unpaired) electrons. The van der Waals surface area contributed by atoms with E-state index < -0.39 is 9.84 Å². The number of aromatic amines is 1. The average Bonchev–Trinajstić information content (AvgIpc) is 2.96.